The zero-order valence-electron chi connectivity index (χ0n) is 29.1. The molecule has 0 aromatic heterocycles. The lowest BCUT2D eigenvalue weighted by molar-refractivity contribution is -0.139. The first-order chi connectivity index (χ1) is 26.1. The number of anilines is 2. The maximum atomic E-state index is 15.2. The highest BCUT2D eigenvalue weighted by atomic mass is 35.5. The van der Waals surface area contributed by atoms with Crippen LogP contribution in [-0.4, -0.2) is 40.9 Å². The Morgan fingerprint density at radius 3 is 2.30 bits per heavy atom. The van der Waals surface area contributed by atoms with Crippen LogP contribution in [0, 0.1) is 35.4 Å². The molecule has 2 N–H and O–H groups in total. The summed E-state index contributed by atoms with van der Waals surface area (Å²) in [6.07, 6.45) is 7.70. The van der Waals surface area contributed by atoms with E-state index in [4.69, 9.17) is 16.3 Å². The first-order valence-corrected chi connectivity index (χ1v) is 18.0. The summed E-state index contributed by atoms with van der Waals surface area (Å²) in [5, 5.41) is 11.7. The number of hydrogen-bond donors (Lipinski definition) is 2. The molecule has 0 radical (unpaired) electrons. The molecule has 4 aliphatic rings. The van der Waals surface area contributed by atoms with Gasteiger partial charge >= 0.3 is 0 Å². The summed E-state index contributed by atoms with van der Waals surface area (Å²) in [6.45, 7) is 3.79. The molecule has 2 heterocycles. The molecule has 0 spiro atoms. The lowest BCUT2D eigenvalue weighted by Crippen LogP contribution is -2.54. The number of hydrazine groups is 1. The number of ether oxygens (including phenoxy) is 1. The Bertz CT molecular complexity index is 2270. The third-order valence-corrected chi connectivity index (χ3v) is 11.6. The zero-order valence-corrected chi connectivity index (χ0v) is 29.9. The average Bonchev–Trinajstić information content (AvgIpc) is 3.56. The third kappa shape index (κ3) is 5.43. The van der Waals surface area contributed by atoms with Crippen molar-refractivity contribution in [1.82, 2.24) is 5.01 Å². The van der Waals surface area contributed by atoms with Crippen LogP contribution in [-0.2, 0) is 24.6 Å². The van der Waals surface area contributed by atoms with E-state index in [9.17, 15) is 23.9 Å². The number of nitrogens with one attached hydrogen (secondary N) is 1. The number of nitrogens with zero attached hydrogens (tertiary/aromatic N) is 2. The molecule has 6 unspecified atom stereocenters. The monoisotopic (exact) mass is 743 g/mol. The van der Waals surface area contributed by atoms with Crippen molar-refractivity contribution in [2.24, 2.45) is 29.6 Å². The second-order valence-corrected chi connectivity index (χ2v) is 14.5. The lowest BCUT2D eigenvalue weighted by Gasteiger charge is -2.49. The van der Waals surface area contributed by atoms with Crippen molar-refractivity contribution in [1.29, 1.82) is 0 Å². The van der Waals surface area contributed by atoms with Gasteiger partial charge in [0, 0.05) is 10.9 Å². The van der Waals surface area contributed by atoms with Gasteiger partial charge in [-0.05, 0) is 96.1 Å². The molecular formula is C43H35ClFN3O6. The molecule has 4 amide bonds. The minimum Gasteiger partial charge on any atom is -0.504 e. The topological polar surface area (TPSA) is 116 Å². The summed E-state index contributed by atoms with van der Waals surface area (Å²) in [6, 6.07) is 24.1. The second-order valence-electron chi connectivity index (χ2n) is 14.0. The number of imide groups is 2. The minimum atomic E-state index is -1.51. The molecule has 1 saturated carbocycles. The molecule has 2 aliphatic heterocycles. The van der Waals surface area contributed by atoms with Gasteiger partial charge in [0.25, 0.3) is 11.8 Å². The predicted molar refractivity (Wildman–Crippen MR) is 202 cm³/mol. The summed E-state index contributed by atoms with van der Waals surface area (Å²) >= 11 is 6.36. The van der Waals surface area contributed by atoms with Gasteiger partial charge in [-0.3, -0.25) is 29.5 Å². The average molecular weight is 744 g/mol. The van der Waals surface area contributed by atoms with E-state index in [0.717, 1.165) is 16.1 Å². The number of fused-ring (bicyclic) bond motifs is 4. The molecule has 0 bridgehead atoms. The van der Waals surface area contributed by atoms with Crippen molar-refractivity contribution in [3.63, 3.8) is 0 Å². The summed E-state index contributed by atoms with van der Waals surface area (Å²) in [4.78, 5) is 59.7. The predicted octanol–water partition coefficient (Wildman–Crippen LogP) is 7.57. The van der Waals surface area contributed by atoms with Crippen LogP contribution in [0.2, 0.25) is 5.02 Å². The number of carbonyl (C=O) groups is 4. The Morgan fingerprint density at radius 2 is 1.61 bits per heavy atom. The van der Waals surface area contributed by atoms with Crippen molar-refractivity contribution in [2.45, 2.75) is 18.3 Å². The number of halogens is 2. The van der Waals surface area contributed by atoms with Crippen molar-refractivity contribution < 1.29 is 33.4 Å². The molecule has 9 nitrogen and oxygen atoms in total. The maximum Gasteiger partial charge on any atom is 0.260 e. The van der Waals surface area contributed by atoms with E-state index < -0.39 is 52.6 Å². The van der Waals surface area contributed by atoms with E-state index >= 15 is 4.79 Å². The summed E-state index contributed by atoms with van der Waals surface area (Å²) in [7, 11) is 1.44. The molecule has 3 fully saturated rings. The molecule has 2 saturated heterocycles. The van der Waals surface area contributed by atoms with E-state index in [1.165, 1.54) is 42.3 Å². The van der Waals surface area contributed by atoms with Gasteiger partial charge in [-0.25, -0.2) is 4.39 Å². The SMILES string of the molecule is C=Cc1ccc(N2C(=O)C3CC=C4C(CC5C(=O)N(Nc6ccc(F)cc6)C(=O)C5(c5ccc(Cl)cc5)C4C=Cc4ccc(O)c(OC)c4)C3C2=O)cc1. The first kappa shape index (κ1) is 35.1. The second kappa shape index (κ2) is 13.4. The summed E-state index contributed by atoms with van der Waals surface area (Å²) in [5.41, 5.74) is 5.05. The van der Waals surface area contributed by atoms with E-state index in [-0.39, 0.29) is 36.2 Å². The number of allylic oxidation sites excluding steroid dienone is 3. The molecule has 54 heavy (non-hydrogen) atoms. The number of methoxy groups -OCH3 is 1. The Labute approximate surface area is 316 Å². The van der Waals surface area contributed by atoms with Gasteiger partial charge in [0.1, 0.15) is 5.82 Å². The smallest absolute Gasteiger partial charge is 0.260 e. The Morgan fingerprint density at radius 1 is 0.907 bits per heavy atom. The van der Waals surface area contributed by atoms with Crippen molar-refractivity contribution in [2.75, 3.05) is 17.4 Å². The number of carbonyl (C=O) groups excluding carboxylic acids is 4. The zero-order chi connectivity index (χ0) is 37.9. The van der Waals surface area contributed by atoms with Gasteiger partial charge in [-0.15, -0.1) is 0 Å². The fraction of sp³-hybridized carbons (Fsp3) is 0.209. The number of phenols is 1. The fourth-order valence-corrected chi connectivity index (χ4v) is 9.05. The molecular weight excluding hydrogens is 709 g/mol. The maximum absolute atomic E-state index is 15.2. The highest BCUT2D eigenvalue weighted by Gasteiger charge is 2.69. The van der Waals surface area contributed by atoms with Crippen molar-refractivity contribution in [3.05, 3.63) is 143 Å². The van der Waals surface area contributed by atoms with Crippen LogP contribution in [0.5, 0.6) is 11.5 Å². The summed E-state index contributed by atoms with van der Waals surface area (Å²) < 4.78 is 19.2. The quantitative estimate of drug-likeness (QED) is 0.141. The highest BCUT2D eigenvalue weighted by Crippen LogP contribution is 2.61. The fourth-order valence-electron chi connectivity index (χ4n) is 8.92. The van der Waals surface area contributed by atoms with Gasteiger partial charge < -0.3 is 9.84 Å². The molecule has 8 rings (SSSR count). The lowest BCUT2D eigenvalue weighted by atomic mass is 9.50. The van der Waals surface area contributed by atoms with Gasteiger partial charge in [0.05, 0.1) is 41.7 Å². The van der Waals surface area contributed by atoms with Crippen LogP contribution in [0.25, 0.3) is 12.2 Å². The normalized spacial score (nSPS) is 26.1. The largest absolute Gasteiger partial charge is 0.504 e. The number of aromatic hydroxyl groups is 1. The van der Waals surface area contributed by atoms with Gasteiger partial charge in [-0.2, -0.15) is 5.01 Å². The van der Waals surface area contributed by atoms with Crippen LogP contribution >= 0.6 is 11.6 Å². The number of phenolic OH excluding ortho intramolecular Hbond substituents is 1. The van der Waals surface area contributed by atoms with E-state index in [0.29, 0.717) is 27.5 Å². The van der Waals surface area contributed by atoms with Crippen LogP contribution in [0.15, 0.2) is 115 Å². The van der Waals surface area contributed by atoms with E-state index in [2.05, 4.69) is 12.0 Å². The minimum absolute atomic E-state index is 0.0433. The van der Waals surface area contributed by atoms with Gasteiger partial charge in [0.15, 0.2) is 11.5 Å². The van der Waals surface area contributed by atoms with Crippen LogP contribution in [0.1, 0.15) is 29.5 Å². The van der Waals surface area contributed by atoms with E-state index in [1.54, 1.807) is 72.8 Å². The van der Waals surface area contributed by atoms with Crippen LogP contribution in [0.3, 0.4) is 0 Å². The highest BCUT2D eigenvalue weighted by molar-refractivity contribution is 6.30. The molecule has 4 aromatic rings. The molecule has 6 atom stereocenters. The molecule has 11 heteroatoms. The first-order valence-electron chi connectivity index (χ1n) is 17.6. The Hall–Kier alpha value is -6.00. The van der Waals surface area contributed by atoms with Gasteiger partial charge in [0.2, 0.25) is 11.8 Å². The molecule has 272 valence electrons. The number of hydrogen-bond acceptors (Lipinski definition) is 7. The van der Waals surface area contributed by atoms with E-state index in [1.807, 2.05) is 12.2 Å². The molecule has 2 aliphatic carbocycles. The van der Waals surface area contributed by atoms with Crippen molar-refractivity contribution >= 4 is 58.8 Å². The van der Waals surface area contributed by atoms with Gasteiger partial charge in [-0.1, -0.05) is 78.4 Å². The van der Waals surface area contributed by atoms with Crippen molar-refractivity contribution in [3.8, 4) is 11.5 Å². The summed E-state index contributed by atoms with van der Waals surface area (Å²) in [5.74, 6) is -5.71. The van der Waals surface area contributed by atoms with Crippen LogP contribution < -0.4 is 15.1 Å². The number of rotatable bonds is 8. The standard InChI is InChI=1S/C43H35ClFN3O6/c1-3-24-4-16-30(17-5-24)47-39(50)32-19-18-31-33(38(32)41(47)52)23-35-40(51)48(46-29-14-12-28(45)13-15-29)42(53)43(35,26-8-10-27(44)11-9-26)34(31)20-6-25-7-21-36(49)37(22-25)54-2/h3-18,20-22,32-35,38,46,49H,1,19,23H2,2H3. The Kier molecular flexibility index (Phi) is 8.73. The molecule has 4 aromatic carbocycles. The Balaban J connectivity index is 1.29. The number of amides is 4. The third-order valence-electron chi connectivity index (χ3n) is 11.4. The van der Waals surface area contributed by atoms with Crippen LogP contribution in [0.4, 0.5) is 15.8 Å². The number of benzene rings is 4.